The van der Waals surface area contributed by atoms with Crippen molar-refractivity contribution in [1.82, 2.24) is 0 Å². The predicted molar refractivity (Wildman–Crippen MR) is 114 cm³/mol. The molecule has 2 aromatic rings. The van der Waals surface area contributed by atoms with Gasteiger partial charge in [0.05, 0.1) is 13.7 Å². The largest absolute Gasteiger partial charge is 0.493 e. The van der Waals surface area contributed by atoms with Crippen LogP contribution in [0.5, 0.6) is 11.5 Å². The molecule has 0 saturated carbocycles. The molecule has 0 aliphatic heterocycles. The summed E-state index contributed by atoms with van der Waals surface area (Å²) in [6, 6.07) is 10.4. The number of rotatable bonds is 9. The average Bonchev–Trinajstić information content (AvgIpc) is 2.71. The highest BCUT2D eigenvalue weighted by molar-refractivity contribution is 6.30. The second-order valence-corrected chi connectivity index (χ2v) is 6.64. The molecule has 29 heavy (non-hydrogen) atoms. The smallest absolute Gasteiger partial charge is 0.331 e. The number of halogens is 1. The summed E-state index contributed by atoms with van der Waals surface area (Å²) in [7, 11) is 1.55. The van der Waals surface area contributed by atoms with E-state index in [1.807, 2.05) is 13.8 Å². The van der Waals surface area contributed by atoms with Gasteiger partial charge in [-0.3, -0.25) is 4.79 Å². The maximum atomic E-state index is 12.0. The third-order valence-corrected chi connectivity index (χ3v) is 4.10. The van der Waals surface area contributed by atoms with Crippen LogP contribution in [-0.4, -0.2) is 32.2 Å². The molecule has 0 radical (unpaired) electrons. The van der Waals surface area contributed by atoms with E-state index >= 15 is 0 Å². The zero-order chi connectivity index (χ0) is 21.2. The van der Waals surface area contributed by atoms with Crippen LogP contribution in [0.25, 0.3) is 6.08 Å². The van der Waals surface area contributed by atoms with Crippen LogP contribution in [0.1, 0.15) is 24.5 Å². The SMILES string of the molecule is CCCOc1ccc(/C=C/C(=O)OCC(=O)Nc2ccc(Cl)cc2C)cc1OC. The zero-order valence-corrected chi connectivity index (χ0v) is 17.4. The van der Waals surface area contributed by atoms with E-state index < -0.39 is 18.5 Å². The van der Waals surface area contributed by atoms with Crippen LogP contribution < -0.4 is 14.8 Å². The number of benzene rings is 2. The molecule has 0 unspecified atom stereocenters. The number of carbonyl (C=O) groups is 2. The Morgan fingerprint density at radius 1 is 1.14 bits per heavy atom. The second-order valence-electron chi connectivity index (χ2n) is 6.21. The van der Waals surface area contributed by atoms with Crippen LogP contribution in [0.2, 0.25) is 5.02 Å². The fourth-order valence-corrected chi connectivity index (χ4v) is 2.65. The number of hydrogen-bond acceptors (Lipinski definition) is 5. The number of carbonyl (C=O) groups excluding carboxylic acids is 2. The molecule has 2 aromatic carbocycles. The first-order chi connectivity index (χ1) is 13.9. The van der Waals surface area contributed by atoms with Crippen molar-refractivity contribution in [3.8, 4) is 11.5 Å². The van der Waals surface area contributed by atoms with Gasteiger partial charge in [-0.2, -0.15) is 0 Å². The minimum Gasteiger partial charge on any atom is -0.493 e. The fourth-order valence-electron chi connectivity index (χ4n) is 2.42. The maximum absolute atomic E-state index is 12.0. The summed E-state index contributed by atoms with van der Waals surface area (Å²) in [5, 5.41) is 3.26. The van der Waals surface area contributed by atoms with Crippen molar-refractivity contribution in [1.29, 1.82) is 0 Å². The van der Waals surface area contributed by atoms with E-state index in [0.717, 1.165) is 17.5 Å². The van der Waals surface area contributed by atoms with Gasteiger partial charge in [0.1, 0.15) is 0 Å². The number of amides is 1. The third-order valence-electron chi connectivity index (χ3n) is 3.87. The van der Waals surface area contributed by atoms with Gasteiger partial charge >= 0.3 is 5.97 Å². The van der Waals surface area contributed by atoms with E-state index in [1.54, 1.807) is 49.6 Å². The lowest BCUT2D eigenvalue weighted by Crippen LogP contribution is -2.20. The molecule has 6 nitrogen and oxygen atoms in total. The number of methoxy groups -OCH3 is 1. The van der Waals surface area contributed by atoms with E-state index in [0.29, 0.717) is 28.8 Å². The molecule has 7 heteroatoms. The fraction of sp³-hybridized carbons (Fsp3) is 0.273. The van der Waals surface area contributed by atoms with Gasteiger partial charge in [-0.15, -0.1) is 0 Å². The molecule has 0 aromatic heterocycles. The van der Waals surface area contributed by atoms with Crippen molar-refractivity contribution in [3.05, 3.63) is 58.6 Å². The molecule has 0 atom stereocenters. The molecule has 0 spiro atoms. The molecular formula is C22H24ClNO5. The summed E-state index contributed by atoms with van der Waals surface area (Å²) >= 11 is 5.89. The van der Waals surface area contributed by atoms with E-state index in [4.69, 9.17) is 25.8 Å². The van der Waals surface area contributed by atoms with Gasteiger partial charge in [-0.25, -0.2) is 4.79 Å². The molecule has 0 fully saturated rings. The van der Waals surface area contributed by atoms with Gasteiger partial charge in [0.25, 0.3) is 5.91 Å². The Bertz CT molecular complexity index is 895. The lowest BCUT2D eigenvalue weighted by Gasteiger charge is -2.10. The molecule has 1 N–H and O–H groups in total. The summed E-state index contributed by atoms with van der Waals surface area (Å²) in [5.74, 6) is 0.157. The molecule has 2 rings (SSSR count). The van der Waals surface area contributed by atoms with Crippen molar-refractivity contribution < 1.29 is 23.8 Å². The third kappa shape index (κ3) is 7.16. The first-order valence-corrected chi connectivity index (χ1v) is 9.52. The highest BCUT2D eigenvalue weighted by atomic mass is 35.5. The number of hydrogen-bond donors (Lipinski definition) is 1. The van der Waals surface area contributed by atoms with Crippen molar-refractivity contribution in [2.45, 2.75) is 20.3 Å². The molecule has 0 aliphatic carbocycles. The quantitative estimate of drug-likeness (QED) is 0.475. The molecule has 1 amide bonds. The average molecular weight is 418 g/mol. The Balaban J connectivity index is 1.88. The summed E-state index contributed by atoms with van der Waals surface area (Å²) in [5.41, 5.74) is 2.17. The zero-order valence-electron chi connectivity index (χ0n) is 16.7. The molecule has 0 bridgehead atoms. The van der Waals surface area contributed by atoms with Gasteiger partial charge in [-0.05, 0) is 60.9 Å². The number of aryl methyl sites for hydroxylation is 1. The first kappa shape index (κ1) is 22.3. The van der Waals surface area contributed by atoms with E-state index in [2.05, 4.69) is 5.32 Å². The van der Waals surface area contributed by atoms with Crippen molar-refractivity contribution in [2.24, 2.45) is 0 Å². The number of nitrogens with one attached hydrogen (secondary N) is 1. The lowest BCUT2D eigenvalue weighted by molar-refractivity contribution is -0.142. The number of esters is 1. The highest BCUT2D eigenvalue weighted by Crippen LogP contribution is 2.28. The van der Waals surface area contributed by atoms with E-state index in [1.165, 1.54) is 6.08 Å². The monoisotopic (exact) mass is 417 g/mol. The molecule has 0 heterocycles. The van der Waals surface area contributed by atoms with Crippen LogP contribution in [0, 0.1) is 6.92 Å². The minimum atomic E-state index is -0.627. The van der Waals surface area contributed by atoms with E-state index in [9.17, 15) is 9.59 Å². The number of anilines is 1. The van der Waals surface area contributed by atoms with Crippen LogP contribution in [-0.2, 0) is 14.3 Å². The highest BCUT2D eigenvalue weighted by Gasteiger charge is 2.08. The minimum absolute atomic E-state index is 0.391. The Hall–Kier alpha value is -2.99. The van der Waals surface area contributed by atoms with Crippen molar-refractivity contribution in [3.63, 3.8) is 0 Å². The molecular weight excluding hydrogens is 394 g/mol. The Morgan fingerprint density at radius 2 is 1.93 bits per heavy atom. The Kier molecular flexibility index (Phi) is 8.55. The molecule has 154 valence electrons. The van der Waals surface area contributed by atoms with Crippen LogP contribution in [0.15, 0.2) is 42.5 Å². The standard InChI is InChI=1S/C22H24ClNO5/c1-4-11-28-19-9-5-16(13-20(19)27-3)6-10-22(26)29-14-21(25)24-18-8-7-17(23)12-15(18)2/h5-10,12-13H,4,11,14H2,1-3H3,(H,24,25)/b10-6+. The van der Waals surface area contributed by atoms with Gasteiger partial charge in [0, 0.05) is 16.8 Å². The summed E-state index contributed by atoms with van der Waals surface area (Å²) in [6.07, 6.45) is 3.72. The van der Waals surface area contributed by atoms with Crippen molar-refractivity contribution in [2.75, 3.05) is 25.6 Å². The van der Waals surface area contributed by atoms with Gasteiger partial charge < -0.3 is 19.5 Å². The molecule has 0 aliphatic rings. The number of ether oxygens (including phenoxy) is 3. The lowest BCUT2D eigenvalue weighted by atomic mass is 10.2. The van der Waals surface area contributed by atoms with Gasteiger partial charge in [-0.1, -0.05) is 24.6 Å². The van der Waals surface area contributed by atoms with E-state index in [-0.39, 0.29) is 0 Å². The van der Waals surface area contributed by atoms with Gasteiger partial charge in [0.15, 0.2) is 18.1 Å². The predicted octanol–water partition coefficient (Wildman–Crippen LogP) is 4.64. The topological polar surface area (TPSA) is 73.9 Å². The summed E-state index contributed by atoms with van der Waals surface area (Å²) in [6.45, 7) is 4.04. The first-order valence-electron chi connectivity index (χ1n) is 9.14. The second kappa shape index (κ2) is 11.1. The molecule has 0 saturated heterocycles. The Labute approximate surface area is 175 Å². The van der Waals surface area contributed by atoms with Crippen LogP contribution >= 0.6 is 11.6 Å². The van der Waals surface area contributed by atoms with Crippen LogP contribution in [0.4, 0.5) is 5.69 Å². The van der Waals surface area contributed by atoms with Gasteiger partial charge in [0.2, 0.25) is 0 Å². The summed E-state index contributed by atoms with van der Waals surface area (Å²) in [4.78, 5) is 23.8. The Morgan fingerprint density at radius 3 is 2.62 bits per heavy atom. The maximum Gasteiger partial charge on any atom is 0.331 e. The van der Waals surface area contributed by atoms with Crippen molar-refractivity contribution >= 4 is 35.2 Å². The van der Waals surface area contributed by atoms with Crippen LogP contribution in [0.3, 0.4) is 0 Å². The summed E-state index contributed by atoms with van der Waals surface area (Å²) < 4.78 is 15.9. The normalized spacial score (nSPS) is 10.6.